The van der Waals surface area contributed by atoms with E-state index in [1.54, 1.807) is 36.2 Å². The van der Waals surface area contributed by atoms with Crippen LogP contribution in [0.5, 0.6) is 0 Å². The summed E-state index contributed by atoms with van der Waals surface area (Å²) < 4.78 is 0. The third-order valence-corrected chi connectivity index (χ3v) is 5.03. The number of carbonyl (C=O) groups excluding carboxylic acids is 3. The summed E-state index contributed by atoms with van der Waals surface area (Å²) in [6.07, 6.45) is 0. The lowest BCUT2D eigenvalue weighted by Gasteiger charge is -2.32. The summed E-state index contributed by atoms with van der Waals surface area (Å²) in [4.78, 5) is 41.6. The van der Waals surface area contributed by atoms with Gasteiger partial charge in [-0.05, 0) is 36.1 Å². The first-order chi connectivity index (χ1) is 12.8. The molecule has 27 heavy (non-hydrogen) atoms. The second kappa shape index (κ2) is 7.35. The molecule has 5 nitrogen and oxygen atoms in total. The van der Waals surface area contributed by atoms with Gasteiger partial charge in [0.1, 0.15) is 6.04 Å². The van der Waals surface area contributed by atoms with Crippen molar-refractivity contribution in [1.29, 1.82) is 0 Å². The summed E-state index contributed by atoms with van der Waals surface area (Å²) in [5, 5.41) is 0. The summed E-state index contributed by atoms with van der Waals surface area (Å²) in [7, 11) is 1.71. The zero-order chi connectivity index (χ0) is 19.7. The van der Waals surface area contributed by atoms with Gasteiger partial charge in [-0.2, -0.15) is 0 Å². The molecular formula is C22H24N2O3. The Labute approximate surface area is 159 Å². The third-order valence-electron chi connectivity index (χ3n) is 5.03. The number of hydrogen-bond donors (Lipinski definition) is 0. The van der Waals surface area contributed by atoms with E-state index < -0.39 is 17.9 Å². The molecule has 0 radical (unpaired) electrons. The molecule has 1 atom stereocenters. The first-order valence-electron chi connectivity index (χ1n) is 9.09. The Balaban J connectivity index is 1.88. The lowest BCUT2D eigenvalue weighted by Crippen LogP contribution is -2.52. The molecule has 0 spiro atoms. The Hall–Kier alpha value is -2.95. The highest BCUT2D eigenvalue weighted by Gasteiger charge is 2.44. The van der Waals surface area contributed by atoms with Crippen LogP contribution in [0.1, 0.15) is 45.7 Å². The zero-order valence-electron chi connectivity index (χ0n) is 16.1. The monoisotopic (exact) mass is 364 g/mol. The summed E-state index contributed by atoms with van der Waals surface area (Å²) in [6.45, 7) is 6.14. The van der Waals surface area contributed by atoms with E-state index in [-0.39, 0.29) is 11.8 Å². The van der Waals surface area contributed by atoms with Crippen LogP contribution in [0.15, 0.2) is 48.5 Å². The number of nitrogens with zero attached hydrogens (tertiary/aromatic N) is 2. The molecule has 5 heteroatoms. The summed E-state index contributed by atoms with van der Waals surface area (Å²) in [5.41, 5.74) is 2.86. The average molecular weight is 364 g/mol. The first-order valence-corrected chi connectivity index (χ1v) is 9.09. The Morgan fingerprint density at radius 3 is 2.00 bits per heavy atom. The van der Waals surface area contributed by atoms with Crippen molar-refractivity contribution < 1.29 is 14.4 Å². The molecule has 1 aliphatic heterocycles. The van der Waals surface area contributed by atoms with Gasteiger partial charge in [-0.3, -0.25) is 19.3 Å². The lowest BCUT2D eigenvalue weighted by atomic mass is 10.0. The zero-order valence-corrected chi connectivity index (χ0v) is 16.1. The van der Waals surface area contributed by atoms with E-state index in [9.17, 15) is 14.4 Å². The van der Waals surface area contributed by atoms with Gasteiger partial charge < -0.3 is 4.90 Å². The van der Waals surface area contributed by atoms with Crippen LogP contribution in [0.2, 0.25) is 0 Å². The van der Waals surface area contributed by atoms with Crippen LogP contribution in [0, 0.1) is 12.8 Å². The van der Waals surface area contributed by atoms with Crippen molar-refractivity contribution in [3.05, 3.63) is 70.8 Å². The van der Waals surface area contributed by atoms with Crippen LogP contribution in [0.4, 0.5) is 0 Å². The van der Waals surface area contributed by atoms with Crippen molar-refractivity contribution >= 4 is 17.7 Å². The quantitative estimate of drug-likeness (QED) is 0.765. The second-order valence-corrected chi connectivity index (χ2v) is 7.34. The van der Waals surface area contributed by atoms with E-state index in [0.717, 1.165) is 16.0 Å². The number of benzene rings is 2. The van der Waals surface area contributed by atoms with Gasteiger partial charge in [0.15, 0.2) is 0 Å². The fraction of sp³-hybridized carbons (Fsp3) is 0.318. The number of likely N-dealkylation sites (N-methyl/N-ethyl adjacent to an activating group) is 1. The number of fused-ring (bicyclic) bond motifs is 1. The minimum atomic E-state index is -0.827. The standard InChI is InChI=1S/C22H24N2O3/c1-14(2)19(22(27)23(4)13-16-10-6-5-9-15(16)3)24-20(25)17-11-7-8-12-18(17)21(24)26/h5-12,14,19H,13H2,1-4H3/t19-/m1/s1. The molecule has 3 amide bonds. The smallest absolute Gasteiger partial charge is 0.262 e. The Morgan fingerprint density at radius 1 is 0.963 bits per heavy atom. The number of amides is 3. The molecule has 0 aliphatic carbocycles. The summed E-state index contributed by atoms with van der Waals surface area (Å²) >= 11 is 0. The Bertz CT molecular complexity index is 869. The van der Waals surface area contributed by atoms with Crippen LogP contribution in [0.25, 0.3) is 0 Å². The largest absolute Gasteiger partial charge is 0.340 e. The molecule has 0 aromatic heterocycles. The lowest BCUT2D eigenvalue weighted by molar-refractivity contribution is -0.136. The van der Waals surface area contributed by atoms with E-state index in [1.807, 2.05) is 45.0 Å². The van der Waals surface area contributed by atoms with Gasteiger partial charge in [-0.1, -0.05) is 50.2 Å². The van der Waals surface area contributed by atoms with Crippen molar-refractivity contribution in [2.45, 2.75) is 33.4 Å². The highest BCUT2D eigenvalue weighted by atomic mass is 16.2. The molecular weight excluding hydrogens is 340 g/mol. The Morgan fingerprint density at radius 2 is 1.48 bits per heavy atom. The van der Waals surface area contributed by atoms with E-state index in [4.69, 9.17) is 0 Å². The van der Waals surface area contributed by atoms with Gasteiger partial charge >= 0.3 is 0 Å². The third kappa shape index (κ3) is 3.37. The number of imide groups is 1. The molecule has 1 aliphatic rings. The van der Waals surface area contributed by atoms with Gasteiger partial charge in [0.05, 0.1) is 11.1 Å². The number of carbonyl (C=O) groups is 3. The summed E-state index contributed by atoms with van der Waals surface area (Å²) in [6, 6.07) is 13.8. The molecule has 0 fully saturated rings. The first kappa shape index (κ1) is 18.8. The van der Waals surface area contributed by atoms with Crippen LogP contribution in [-0.2, 0) is 11.3 Å². The van der Waals surface area contributed by atoms with Crippen LogP contribution < -0.4 is 0 Å². The molecule has 2 aromatic rings. The number of aryl methyl sites for hydroxylation is 1. The molecule has 0 unspecified atom stereocenters. The van der Waals surface area contributed by atoms with Crippen LogP contribution >= 0.6 is 0 Å². The SMILES string of the molecule is Cc1ccccc1CN(C)C(=O)[C@@H](C(C)C)N1C(=O)c2ccccc2C1=O. The van der Waals surface area contributed by atoms with E-state index in [1.165, 1.54) is 0 Å². The van der Waals surface area contributed by atoms with Crippen molar-refractivity contribution in [1.82, 2.24) is 9.80 Å². The van der Waals surface area contributed by atoms with E-state index >= 15 is 0 Å². The van der Waals surface area contributed by atoms with Gasteiger partial charge in [-0.25, -0.2) is 0 Å². The summed E-state index contributed by atoms with van der Waals surface area (Å²) in [5.74, 6) is -1.22. The fourth-order valence-corrected chi connectivity index (χ4v) is 3.50. The highest BCUT2D eigenvalue weighted by molar-refractivity contribution is 6.22. The fourth-order valence-electron chi connectivity index (χ4n) is 3.50. The van der Waals surface area contributed by atoms with Crippen molar-refractivity contribution in [3.63, 3.8) is 0 Å². The molecule has 0 N–H and O–H groups in total. The van der Waals surface area contributed by atoms with Crippen molar-refractivity contribution in [2.24, 2.45) is 5.92 Å². The molecule has 140 valence electrons. The highest BCUT2D eigenvalue weighted by Crippen LogP contribution is 2.28. The Kier molecular flexibility index (Phi) is 5.13. The average Bonchev–Trinajstić information content (AvgIpc) is 2.89. The van der Waals surface area contributed by atoms with Crippen molar-refractivity contribution in [3.8, 4) is 0 Å². The minimum Gasteiger partial charge on any atom is -0.340 e. The molecule has 0 bridgehead atoms. The normalized spacial score (nSPS) is 14.5. The van der Waals surface area contributed by atoms with Gasteiger partial charge in [0.2, 0.25) is 5.91 Å². The molecule has 0 saturated heterocycles. The predicted molar refractivity (Wildman–Crippen MR) is 103 cm³/mol. The number of hydrogen-bond acceptors (Lipinski definition) is 3. The maximum Gasteiger partial charge on any atom is 0.262 e. The minimum absolute atomic E-state index is 0.195. The number of rotatable bonds is 5. The molecule has 0 saturated carbocycles. The van der Waals surface area contributed by atoms with Gasteiger partial charge in [0.25, 0.3) is 11.8 Å². The molecule has 2 aromatic carbocycles. The maximum atomic E-state index is 13.2. The topological polar surface area (TPSA) is 57.7 Å². The van der Waals surface area contributed by atoms with Gasteiger partial charge in [-0.15, -0.1) is 0 Å². The predicted octanol–water partition coefficient (Wildman–Crippen LogP) is 3.27. The van der Waals surface area contributed by atoms with Crippen molar-refractivity contribution in [2.75, 3.05) is 7.05 Å². The van der Waals surface area contributed by atoms with Gasteiger partial charge in [0, 0.05) is 13.6 Å². The van der Waals surface area contributed by atoms with Crippen LogP contribution in [-0.4, -0.2) is 40.6 Å². The maximum absolute atomic E-state index is 13.2. The van der Waals surface area contributed by atoms with E-state index in [2.05, 4.69) is 0 Å². The van der Waals surface area contributed by atoms with E-state index in [0.29, 0.717) is 17.7 Å². The second-order valence-electron chi connectivity index (χ2n) is 7.34. The molecule has 1 heterocycles. The van der Waals surface area contributed by atoms with Crippen LogP contribution in [0.3, 0.4) is 0 Å². The molecule has 3 rings (SSSR count).